The first-order valence-corrected chi connectivity index (χ1v) is 12.6. The molecule has 1 aromatic heterocycles. The lowest BCUT2D eigenvalue weighted by Crippen LogP contribution is -2.22. The summed E-state index contributed by atoms with van der Waals surface area (Å²) in [5, 5.41) is 7.54. The van der Waals surface area contributed by atoms with Gasteiger partial charge in [0.05, 0.1) is 21.8 Å². The molecule has 0 aliphatic heterocycles. The molecule has 1 heterocycles. The van der Waals surface area contributed by atoms with Crippen LogP contribution in [0.25, 0.3) is 0 Å². The number of hydrogen-bond donors (Lipinski definition) is 2. The van der Waals surface area contributed by atoms with E-state index < -0.39 is 44.1 Å². The summed E-state index contributed by atoms with van der Waals surface area (Å²) in [5.74, 6) is -2.61. The van der Waals surface area contributed by atoms with E-state index in [2.05, 4.69) is 5.32 Å². The predicted molar refractivity (Wildman–Crippen MR) is 118 cm³/mol. The van der Waals surface area contributed by atoms with Crippen LogP contribution in [0, 0.1) is 6.92 Å². The SMILES string of the molecule is Cc1ccc(NC(=O)COC(=O)c2occc2CS(=O)(=O)c2ccccc2)cc1S(N)(=O)=O. The van der Waals surface area contributed by atoms with E-state index in [1.807, 2.05) is 0 Å². The molecule has 0 aliphatic carbocycles. The molecular weight excluding hydrogens is 472 g/mol. The molecule has 12 heteroatoms. The van der Waals surface area contributed by atoms with Gasteiger partial charge >= 0.3 is 5.97 Å². The summed E-state index contributed by atoms with van der Waals surface area (Å²) in [6.07, 6.45) is 1.15. The fraction of sp³-hybridized carbons (Fsp3) is 0.143. The van der Waals surface area contributed by atoms with Crippen molar-refractivity contribution >= 4 is 37.4 Å². The lowest BCUT2D eigenvalue weighted by atomic mass is 10.2. The Bertz CT molecular complexity index is 1400. The van der Waals surface area contributed by atoms with Crippen molar-refractivity contribution in [2.75, 3.05) is 11.9 Å². The van der Waals surface area contributed by atoms with Crippen molar-refractivity contribution in [3.05, 3.63) is 77.7 Å². The average Bonchev–Trinajstić information content (AvgIpc) is 3.20. The molecule has 0 saturated heterocycles. The fourth-order valence-electron chi connectivity index (χ4n) is 2.92. The van der Waals surface area contributed by atoms with E-state index in [1.165, 1.54) is 36.4 Å². The van der Waals surface area contributed by atoms with Gasteiger partial charge in [0.2, 0.25) is 15.8 Å². The summed E-state index contributed by atoms with van der Waals surface area (Å²) >= 11 is 0. The minimum absolute atomic E-state index is 0.0839. The van der Waals surface area contributed by atoms with Gasteiger partial charge in [-0.25, -0.2) is 26.8 Å². The van der Waals surface area contributed by atoms with Gasteiger partial charge in [0.1, 0.15) is 0 Å². The van der Waals surface area contributed by atoms with E-state index in [1.54, 1.807) is 25.1 Å². The zero-order chi connectivity index (χ0) is 24.2. The van der Waals surface area contributed by atoms with Gasteiger partial charge in [-0.3, -0.25) is 4.79 Å². The second-order valence-corrected chi connectivity index (χ2v) is 10.5. The molecule has 0 radical (unpaired) electrons. The second-order valence-electron chi connectivity index (χ2n) is 7.00. The number of sulfone groups is 1. The number of ether oxygens (including phenoxy) is 1. The van der Waals surface area contributed by atoms with Gasteiger partial charge in [-0.15, -0.1) is 0 Å². The number of aryl methyl sites for hydroxylation is 1. The fourth-order valence-corrected chi connectivity index (χ4v) is 5.11. The van der Waals surface area contributed by atoms with Crippen LogP contribution in [0.5, 0.6) is 0 Å². The average molecular weight is 493 g/mol. The summed E-state index contributed by atoms with van der Waals surface area (Å²) in [5.41, 5.74) is 0.622. The van der Waals surface area contributed by atoms with Crippen LogP contribution < -0.4 is 10.5 Å². The minimum Gasteiger partial charge on any atom is -0.457 e. The third kappa shape index (κ3) is 6.06. The Morgan fingerprint density at radius 1 is 1.03 bits per heavy atom. The molecule has 0 saturated carbocycles. The summed E-state index contributed by atoms with van der Waals surface area (Å²) < 4.78 is 58.3. The number of sulfonamides is 1. The summed E-state index contributed by atoms with van der Waals surface area (Å²) in [6.45, 7) is 0.828. The molecule has 10 nitrogen and oxygen atoms in total. The van der Waals surface area contributed by atoms with Crippen LogP contribution >= 0.6 is 0 Å². The number of amides is 1. The number of nitrogens with two attached hydrogens (primary N) is 1. The number of hydrogen-bond acceptors (Lipinski definition) is 8. The smallest absolute Gasteiger partial charge is 0.375 e. The molecule has 0 spiro atoms. The minimum atomic E-state index is -3.99. The molecule has 0 fully saturated rings. The molecule has 3 rings (SSSR count). The highest BCUT2D eigenvalue weighted by molar-refractivity contribution is 7.90. The zero-order valence-corrected chi connectivity index (χ0v) is 19.0. The van der Waals surface area contributed by atoms with E-state index in [4.69, 9.17) is 14.3 Å². The van der Waals surface area contributed by atoms with Crippen LogP contribution in [-0.2, 0) is 35.1 Å². The highest BCUT2D eigenvalue weighted by Crippen LogP contribution is 2.21. The van der Waals surface area contributed by atoms with Gasteiger partial charge in [-0.05, 0) is 42.8 Å². The van der Waals surface area contributed by atoms with E-state index in [0.29, 0.717) is 5.56 Å². The Balaban J connectivity index is 1.64. The van der Waals surface area contributed by atoms with Crippen molar-refractivity contribution in [2.24, 2.45) is 5.14 Å². The second kappa shape index (κ2) is 9.57. The highest BCUT2D eigenvalue weighted by Gasteiger charge is 2.24. The number of carbonyl (C=O) groups excluding carboxylic acids is 2. The van der Waals surface area contributed by atoms with E-state index >= 15 is 0 Å². The number of nitrogens with one attached hydrogen (secondary N) is 1. The van der Waals surface area contributed by atoms with Crippen molar-refractivity contribution in [3.63, 3.8) is 0 Å². The first-order valence-electron chi connectivity index (χ1n) is 9.42. The first kappa shape index (κ1) is 24.2. The van der Waals surface area contributed by atoms with Crippen LogP contribution in [0.3, 0.4) is 0 Å². The molecule has 33 heavy (non-hydrogen) atoms. The van der Waals surface area contributed by atoms with Crippen molar-refractivity contribution in [3.8, 4) is 0 Å². The number of esters is 1. The van der Waals surface area contributed by atoms with Gasteiger partial charge in [-0.1, -0.05) is 24.3 Å². The Morgan fingerprint density at radius 2 is 1.73 bits per heavy atom. The van der Waals surface area contributed by atoms with Gasteiger partial charge in [0.25, 0.3) is 5.91 Å². The maximum atomic E-state index is 12.6. The summed E-state index contributed by atoms with van der Waals surface area (Å²) in [6, 6.07) is 13.1. The molecule has 174 valence electrons. The number of carbonyl (C=O) groups is 2. The van der Waals surface area contributed by atoms with Crippen molar-refractivity contribution in [2.45, 2.75) is 22.5 Å². The predicted octanol–water partition coefficient (Wildman–Crippen LogP) is 2.00. The summed E-state index contributed by atoms with van der Waals surface area (Å²) in [4.78, 5) is 24.4. The van der Waals surface area contributed by atoms with Crippen molar-refractivity contribution in [1.82, 2.24) is 0 Å². The van der Waals surface area contributed by atoms with Crippen LogP contribution in [-0.4, -0.2) is 35.3 Å². The zero-order valence-electron chi connectivity index (χ0n) is 17.3. The largest absolute Gasteiger partial charge is 0.457 e. The summed E-state index contributed by atoms with van der Waals surface area (Å²) in [7, 11) is -7.72. The topological polar surface area (TPSA) is 163 Å². The molecule has 2 aromatic carbocycles. The first-order chi connectivity index (χ1) is 15.5. The van der Waals surface area contributed by atoms with Crippen molar-refractivity contribution < 1.29 is 35.6 Å². The Labute approximate surface area is 190 Å². The number of anilines is 1. The van der Waals surface area contributed by atoms with Gasteiger partial charge in [0.15, 0.2) is 16.4 Å². The van der Waals surface area contributed by atoms with Crippen molar-refractivity contribution in [1.29, 1.82) is 0 Å². The van der Waals surface area contributed by atoms with Gasteiger partial charge in [0, 0.05) is 11.3 Å². The molecule has 1 amide bonds. The van der Waals surface area contributed by atoms with E-state index in [9.17, 15) is 26.4 Å². The van der Waals surface area contributed by atoms with Crippen LogP contribution in [0.2, 0.25) is 0 Å². The lowest BCUT2D eigenvalue weighted by molar-refractivity contribution is -0.119. The number of rotatable bonds is 8. The molecule has 3 aromatic rings. The van der Waals surface area contributed by atoms with Crippen LogP contribution in [0.15, 0.2) is 75.1 Å². The van der Waals surface area contributed by atoms with Crippen LogP contribution in [0.4, 0.5) is 5.69 Å². The van der Waals surface area contributed by atoms with Gasteiger partial charge < -0.3 is 14.5 Å². The van der Waals surface area contributed by atoms with E-state index in [-0.39, 0.29) is 26.8 Å². The standard InChI is InChI=1S/C21H20N2O8S2/c1-14-7-8-16(11-18(14)33(22,28)29)23-19(24)12-31-21(25)20-15(9-10-30-20)13-32(26,27)17-5-3-2-4-6-17/h2-11H,12-13H2,1H3,(H,23,24)(H2,22,28,29). The number of benzene rings is 2. The Hall–Kier alpha value is -3.48. The molecule has 0 unspecified atom stereocenters. The molecule has 0 aliphatic rings. The quantitative estimate of drug-likeness (QED) is 0.451. The van der Waals surface area contributed by atoms with Crippen LogP contribution in [0.1, 0.15) is 21.7 Å². The normalized spacial score (nSPS) is 11.7. The molecule has 3 N–H and O–H groups in total. The lowest BCUT2D eigenvalue weighted by Gasteiger charge is -2.09. The maximum absolute atomic E-state index is 12.6. The molecular formula is C21H20N2O8S2. The third-order valence-corrected chi connectivity index (χ3v) is 7.23. The number of furan rings is 1. The molecule has 0 atom stereocenters. The highest BCUT2D eigenvalue weighted by atomic mass is 32.2. The van der Waals surface area contributed by atoms with Gasteiger partial charge in [-0.2, -0.15) is 0 Å². The Morgan fingerprint density at radius 3 is 2.39 bits per heavy atom. The molecule has 0 bridgehead atoms. The van der Waals surface area contributed by atoms with E-state index in [0.717, 1.165) is 6.26 Å². The monoisotopic (exact) mass is 492 g/mol. The number of primary sulfonamides is 1. The third-order valence-electron chi connectivity index (χ3n) is 4.49. The maximum Gasteiger partial charge on any atom is 0.375 e. The Kier molecular flexibility index (Phi) is 7.01.